The molecule has 0 rings (SSSR count). The first-order valence-electron chi connectivity index (χ1n) is 4.50. The maximum atomic E-state index is 11.4. The molecule has 0 aliphatic heterocycles. The summed E-state index contributed by atoms with van der Waals surface area (Å²) >= 11 is 3.21. The molecule has 0 atom stereocenters. The minimum absolute atomic E-state index is 0.0538. The van der Waals surface area contributed by atoms with E-state index < -0.39 is 4.32 Å². The van der Waals surface area contributed by atoms with E-state index in [1.807, 2.05) is 6.92 Å². The second kappa shape index (κ2) is 5.34. The molecule has 0 radical (unpaired) electrons. The molecule has 0 saturated carbocycles. The SMILES string of the molecule is CCN(C)C(=O)CNC(=O)C(C)(C)Br. The van der Waals surface area contributed by atoms with Gasteiger partial charge in [-0.1, -0.05) is 15.9 Å². The average Bonchev–Trinajstić information content (AvgIpc) is 2.10. The van der Waals surface area contributed by atoms with Crippen molar-refractivity contribution >= 4 is 27.7 Å². The molecule has 0 aromatic heterocycles. The predicted molar refractivity (Wildman–Crippen MR) is 59.3 cm³/mol. The number of likely N-dealkylation sites (N-methyl/N-ethyl adjacent to an activating group) is 1. The molecule has 0 aliphatic rings. The minimum atomic E-state index is -0.627. The van der Waals surface area contributed by atoms with E-state index >= 15 is 0 Å². The molecule has 82 valence electrons. The Morgan fingerprint density at radius 1 is 1.43 bits per heavy atom. The monoisotopic (exact) mass is 264 g/mol. The third-order valence-corrected chi connectivity index (χ3v) is 2.20. The van der Waals surface area contributed by atoms with E-state index in [0.717, 1.165) is 0 Å². The van der Waals surface area contributed by atoms with Crippen molar-refractivity contribution in [3.63, 3.8) is 0 Å². The van der Waals surface area contributed by atoms with Gasteiger partial charge in [-0.2, -0.15) is 0 Å². The van der Waals surface area contributed by atoms with Crippen LogP contribution in [0.5, 0.6) is 0 Å². The van der Waals surface area contributed by atoms with Crippen LogP contribution in [0.15, 0.2) is 0 Å². The number of nitrogens with zero attached hydrogens (tertiary/aromatic N) is 1. The van der Waals surface area contributed by atoms with Gasteiger partial charge in [0.1, 0.15) is 0 Å². The molecule has 0 aromatic carbocycles. The molecule has 2 amide bonds. The van der Waals surface area contributed by atoms with Crippen LogP contribution in [-0.2, 0) is 9.59 Å². The number of nitrogens with one attached hydrogen (secondary N) is 1. The first-order chi connectivity index (χ1) is 6.29. The highest BCUT2D eigenvalue weighted by Gasteiger charge is 2.23. The molecular formula is C9H17BrN2O2. The summed E-state index contributed by atoms with van der Waals surface area (Å²) in [6.07, 6.45) is 0. The van der Waals surface area contributed by atoms with Crippen molar-refractivity contribution in [2.45, 2.75) is 25.1 Å². The number of hydrogen-bond acceptors (Lipinski definition) is 2. The lowest BCUT2D eigenvalue weighted by molar-refractivity contribution is -0.132. The van der Waals surface area contributed by atoms with Gasteiger partial charge in [0.05, 0.1) is 10.9 Å². The van der Waals surface area contributed by atoms with Crippen LogP contribution < -0.4 is 5.32 Å². The Kier molecular flexibility index (Phi) is 5.12. The quantitative estimate of drug-likeness (QED) is 0.763. The van der Waals surface area contributed by atoms with E-state index in [1.165, 1.54) is 0 Å². The fourth-order valence-corrected chi connectivity index (χ4v) is 0.818. The Bertz CT molecular complexity index is 223. The van der Waals surface area contributed by atoms with Crippen molar-refractivity contribution in [1.29, 1.82) is 0 Å². The summed E-state index contributed by atoms with van der Waals surface area (Å²) in [6.45, 7) is 6.05. The van der Waals surface area contributed by atoms with Gasteiger partial charge in [-0.25, -0.2) is 0 Å². The summed E-state index contributed by atoms with van der Waals surface area (Å²) in [5.74, 6) is -0.270. The number of carbonyl (C=O) groups is 2. The van der Waals surface area contributed by atoms with E-state index in [9.17, 15) is 9.59 Å². The zero-order valence-corrected chi connectivity index (χ0v) is 10.6. The number of hydrogen-bond donors (Lipinski definition) is 1. The third kappa shape index (κ3) is 4.60. The summed E-state index contributed by atoms with van der Waals surface area (Å²) in [4.78, 5) is 24.2. The summed E-state index contributed by atoms with van der Waals surface area (Å²) in [7, 11) is 1.70. The second-order valence-electron chi connectivity index (χ2n) is 3.56. The highest BCUT2D eigenvalue weighted by Crippen LogP contribution is 2.14. The van der Waals surface area contributed by atoms with E-state index in [1.54, 1.807) is 25.8 Å². The van der Waals surface area contributed by atoms with Crippen LogP contribution in [0, 0.1) is 0 Å². The van der Waals surface area contributed by atoms with E-state index in [2.05, 4.69) is 21.2 Å². The molecule has 4 nitrogen and oxygen atoms in total. The van der Waals surface area contributed by atoms with E-state index in [4.69, 9.17) is 0 Å². The largest absolute Gasteiger partial charge is 0.346 e. The average molecular weight is 265 g/mol. The Morgan fingerprint density at radius 3 is 2.29 bits per heavy atom. The summed E-state index contributed by atoms with van der Waals surface area (Å²) in [5.41, 5.74) is 0. The number of rotatable bonds is 4. The van der Waals surface area contributed by atoms with Gasteiger partial charge in [-0.05, 0) is 20.8 Å². The Labute approximate surface area is 93.2 Å². The first kappa shape index (κ1) is 13.4. The maximum Gasteiger partial charge on any atom is 0.241 e. The Balaban J connectivity index is 3.96. The molecule has 14 heavy (non-hydrogen) atoms. The fourth-order valence-electron chi connectivity index (χ4n) is 0.677. The molecule has 0 bridgehead atoms. The molecule has 0 aromatic rings. The highest BCUT2D eigenvalue weighted by molar-refractivity contribution is 9.10. The van der Waals surface area contributed by atoms with Crippen molar-refractivity contribution in [1.82, 2.24) is 10.2 Å². The molecule has 0 heterocycles. The van der Waals surface area contributed by atoms with Crippen molar-refractivity contribution < 1.29 is 9.59 Å². The van der Waals surface area contributed by atoms with Crippen LogP contribution >= 0.6 is 15.9 Å². The van der Waals surface area contributed by atoms with Crippen molar-refractivity contribution in [2.24, 2.45) is 0 Å². The van der Waals surface area contributed by atoms with Crippen molar-refractivity contribution in [2.75, 3.05) is 20.1 Å². The van der Waals surface area contributed by atoms with E-state index in [0.29, 0.717) is 6.54 Å². The molecular weight excluding hydrogens is 248 g/mol. The number of carbonyl (C=O) groups excluding carboxylic acids is 2. The molecule has 0 saturated heterocycles. The highest BCUT2D eigenvalue weighted by atomic mass is 79.9. The number of halogens is 1. The zero-order valence-electron chi connectivity index (χ0n) is 9.06. The van der Waals surface area contributed by atoms with Crippen LogP contribution in [0.4, 0.5) is 0 Å². The third-order valence-electron chi connectivity index (χ3n) is 1.84. The lowest BCUT2D eigenvalue weighted by atomic mass is 10.2. The Hall–Kier alpha value is -0.580. The van der Waals surface area contributed by atoms with E-state index in [-0.39, 0.29) is 18.4 Å². The molecule has 1 N–H and O–H groups in total. The smallest absolute Gasteiger partial charge is 0.241 e. The predicted octanol–water partition coefficient (Wildman–Crippen LogP) is 0.754. The summed E-state index contributed by atoms with van der Waals surface area (Å²) in [6, 6.07) is 0. The molecule has 0 spiro atoms. The molecule has 5 heteroatoms. The summed E-state index contributed by atoms with van der Waals surface area (Å²) < 4.78 is -0.627. The molecule has 0 aliphatic carbocycles. The lowest BCUT2D eigenvalue weighted by Crippen LogP contribution is -2.43. The lowest BCUT2D eigenvalue weighted by Gasteiger charge is -2.18. The molecule has 0 fully saturated rings. The van der Waals surface area contributed by atoms with Crippen LogP contribution in [0.3, 0.4) is 0 Å². The van der Waals surface area contributed by atoms with Crippen LogP contribution in [-0.4, -0.2) is 41.2 Å². The zero-order chi connectivity index (χ0) is 11.4. The number of amides is 2. The van der Waals surface area contributed by atoms with Gasteiger partial charge in [-0.3, -0.25) is 9.59 Å². The Morgan fingerprint density at radius 2 is 1.93 bits per heavy atom. The van der Waals surface area contributed by atoms with Gasteiger partial charge in [0.2, 0.25) is 11.8 Å². The van der Waals surface area contributed by atoms with Gasteiger partial charge in [0.25, 0.3) is 0 Å². The van der Waals surface area contributed by atoms with Crippen molar-refractivity contribution in [3.8, 4) is 0 Å². The van der Waals surface area contributed by atoms with Crippen LogP contribution in [0.25, 0.3) is 0 Å². The second-order valence-corrected chi connectivity index (χ2v) is 5.55. The summed E-state index contributed by atoms with van der Waals surface area (Å²) in [5, 5.41) is 2.56. The first-order valence-corrected chi connectivity index (χ1v) is 5.29. The van der Waals surface area contributed by atoms with Gasteiger partial charge >= 0.3 is 0 Å². The van der Waals surface area contributed by atoms with Crippen LogP contribution in [0.1, 0.15) is 20.8 Å². The topological polar surface area (TPSA) is 49.4 Å². The number of alkyl halides is 1. The van der Waals surface area contributed by atoms with Crippen LogP contribution in [0.2, 0.25) is 0 Å². The molecule has 0 unspecified atom stereocenters. The van der Waals surface area contributed by atoms with Gasteiger partial charge < -0.3 is 10.2 Å². The van der Waals surface area contributed by atoms with Crippen molar-refractivity contribution in [3.05, 3.63) is 0 Å². The maximum absolute atomic E-state index is 11.4. The van der Waals surface area contributed by atoms with Gasteiger partial charge in [0.15, 0.2) is 0 Å². The normalized spacial score (nSPS) is 10.9. The van der Waals surface area contributed by atoms with Gasteiger partial charge in [-0.15, -0.1) is 0 Å². The standard InChI is InChI=1S/C9H17BrN2O2/c1-5-12(4)7(13)6-11-8(14)9(2,3)10/h5-6H2,1-4H3,(H,11,14). The fraction of sp³-hybridized carbons (Fsp3) is 0.778. The van der Waals surface area contributed by atoms with Gasteiger partial charge in [0, 0.05) is 13.6 Å². The minimum Gasteiger partial charge on any atom is -0.346 e.